The number of nitrogens with zero attached hydrogens (tertiary/aromatic N) is 1. The van der Waals surface area contributed by atoms with Gasteiger partial charge in [0.25, 0.3) is 11.8 Å². The summed E-state index contributed by atoms with van der Waals surface area (Å²) in [5.74, 6) is 0.935. The minimum atomic E-state index is -0.520. The Morgan fingerprint density at radius 2 is 1.59 bits per heavy atom. The van der Waals surface area contributed by atoms with Crippen molar-refractivity contribution in [2.75, 3.05) is 45.3 Å². The number of alkyl halides is 1. The number of carbonyl (C=O) groups is 3. The first kappa shape index (κ1) is 41.6. The Labute approximate surface area is 329 Å². The van der Waals surface area contributed by atoms with Crippen LogP contribution in [0.25, 0.3) is 10.8 Å². The van der Waals surface area contributed by atoms with Crippen molar-refractivity contribution >= 4 is 34.6 Å². The molecule has 0 saturated heterocycles. The van der Waals surface area contributed by atoms with Gasteiger partial charge in [0, 0.05) is 55.0 Å². The normalized spacial score (nSPS) is 11.6. The van der Waals surface area contributed by atoms with E-state index >= 15 is 0 Å². The van der Waals surface area contributed by atoms with Gasteiger partial charge in [0.15, 0.2) is 6.29 Å². The minimum Gasteiger partial charge on any atom is -0.457 e. The molecule has 2 N–H and O–H groups in total. The summed E-state index contributed by atoms with van der Waals surface area (Å²) in [4.78, 5) is 39.8. The number of hydrogen-bond donors (Lipinski definition) is 2. The van der Waals surface area contributed by atoms with Gasteiger partial charge in [-0.3, -0.25) is 14.4 Å². The van der Waals surface area contributed by atoms with Crippen LogP contribution in [0.2, 0.25) is 0 Å². The summed E-state index contributed by atoms with van der Waals surface area (Å²) in [6.45, 7) is 6.38. The SMILES string of the molecule is CCCC(C)N(C)C(=O)c1c(C=O)cccc1NCCOCCOCCCc1cccc(CNC(=O)c2ccc3c(Oc4ccc(CF)cc4)cccc3c2)c1. The van der Waals surface area contributed by atoms with E-state index < -0.39 is 6.67 Å². The van der Waals surface area contributed by atoms with Crippen molar-refractivity contribution in [1.82, 2.24) is 10.2 Å². The summed E-state index contributed by atoms with van der Waals surface area (Å²) < 4.78 is 30.5. The standard InChI is InChI=1S/C46H52FN3O6/c1-4-9-33(2)50(3)46(53)44-39(32-51)14-6-15-42(44)48-23-25-55-27-26-54-24-8-12-34-10-5-11-36(28-34)31-49-45(52)38-19-22-41-37(29-38)13-7-16-43(41)56-40-20-17-35(30-47)18-21-40/h5-7,10-11,13-22,28-29,32-33,48H,4,8-9,12,23-27,30-31H2,1-3H3,(H,49,52). The molecule has 5 aromatic rings. The Kier molecular flexibility index (Phi) is 16.0. The van der Waals surface area contributed by atoms with E-state index in [1.807, 2.05) is 55.5 Å². The van der Waals surface area contributed by atoms with E-state index in [9.17, 15) is 18.8 Å². The first-order chi connectivity index (χ1) is 27.3. The average molecular weight is 762 g/mol. The molecule has 10 heteroatoms. The van der Waals surface area contributed by atoms with Crippen LogP contribution in [0, 0.1) is 0 Å². The number of carbonyl (C=O) groups excluding carboxylic acids is 3. The van der Waals surface area contributed by atoms with E-state index in [0.717, 1.165) is 48.3 Å². The number of nitrogens with one attached hydrogen (secondary N) is 2. The molecule has 0 bridgehead atoms. The molecule has 2 amide bonds. The lowest BCUT2D eigenvalue weighted by molar-refractivity contribution is 0.0508. The van der Waals surface area contributed by atoms with E-state index in [1.165, 1.54) is 5.56 Å². The maximum atomic E-state index is 13.3. The van der Waals surface area contributed by atoms with E-state index in [1.54, 1.807) is 54.4 Å². The van der Waals surface area contributed by atoms with Crippen molar-refractivity contribution in [2.24, 2.45) is 0 Å². The van der Waals surface area contributed by atoms with Crippen molar-refractivity contribution in [3.63, 3.8) is 0 Å². The van der Waals surface area contributed by atoms with Crippen LogP contribution in [0.1, 0.15) is 80.9 Å². The lowest BCUT2D eigenvalue weighted by Crippen LogP contribution is -2.36. The Morgan fingerprint density at radius 1 is 0.839 bits per heavy atom. The highest BCUT2D eigenvalue weighted by molar-refractivity contribution is 6.06. The Balaban J connectivity index is 0.991. The molecule has 0 aliphatic carbocycles. The van der Waals surface area contributed by atoms with E-state index in [-0.39, 0.29) is 17.9 Å². The second-order valence-corrected chi connectivity index (χ2v) is 13.8. The molecule has 9 nitrogen and oxygen atoms in total. The molecule has 0 spiro atoms. The fourth-order valence-electron chi connectivity index (χ4n) is 6.44. The number of aldehydes is 1. The van der Waals surface area contributed by atoms with Gasteiger partial charge < -0.3 is 29.7 Å². The number of ether oxygens (including phenoxy) is 3. The number of amides is 2. The van der Waals surface area contributed by atoms with Crippen molar-refractivity contribution in [2.45, 2.75) is 58.8 Å². The molecule has 0 heterocycles. The Bertz CT molecular complexity index is 2050. The highest BCUT2D eigenvalue weighted by Gasteiger charge is 2.23. The molecule has 56 heavy (non-hydrogen) atoms. The molecule has 0 saturated carbocycles. The van der Waals surface area contributed by atoms with Crippen LogP contribution in [-0.4, -0.2) is 69.1 Å². The molecular weight excluding hydrogens is 710 g/mol. The van der Waals surface area contributed by atoms with Crippen molar-refractivity contribution in [3.05, 3.63) is 137 Å². The largest absolute Gasteiger partial charge is 0.457 e. The van der Waals surface area contributed by atoms with E-state index in [0.29, 0.717) is 79.0 Å². The smallest absolute Gasteiger partial charge is 0.256 e. The van der Waals surface area contributed by atoms with Crippen molar-refractivity contribution in [1.29, 1.82) is 0 Å². The summed E-state index contributed by atoms with van der Waals surface area (Å²) in [6, 6.07) is 31.6. The predicted molar refractivity (Wildman–Crippen MR) is 220 cm³/mol. The van der Waals surface area contributed by atoms with Crippen LogP contribution in [0.3, 0.4) is 0 Å². The number of halogens is 1. The fraction of sp³-hybridized carbons (Fsp3) is 0.326. The van der Waals surface area contributed by atoms with Crippen molar-refractivity contribution in [3.8, 4) is 11.5 Å². The number of aryl methyl sites for hydroxylation is 1. The van der Waals surface area contributed by atoms with Gasteiger partial charge in [-0.25, -0.2) is 4.39 Å². The summed E-state index contributed by atoms with van der Waals surface area (Å²) in [6.07, 6.45) is 4.26. The van der Waals surface area contributed by atoms with Crippen LogP contribution >= 0.6 is 0 Å². The van der Waals surface area contributed by atoms with Crippen LogP contribution in [-0.2, 0) is 29.1 Å². The minimum absolute atomic E-state index is 0.0660. The number of rotatable bonds is 22. The summed E-state index contributed by atoms with van der Waals surface area (Å²) >= 11 is 0. The molecule has 0 aliphatic heterocycles. The van der Waals surface area contributed by atoms with Crippen LogP contribution < -0.4 is 15.4 Å². The third kappa shape index (κ3) is 11.7. The third-order valence-electron chi connectivity index (χ3n) is 9.67. The maximum Gasteiger partial charge on any atom is 0.256 e. The highest BCUT2D eigenvalue weighted by atomic mass is 19.1. The van der Waals surface area contributed by atoms with Gasteiger partial charge in [0.1, 0.15) is 18.2 Å². The number of benzene rings is 5. The molecule has 5 aromatic carbocycles. The van der Waals surface area contributed by atoms with Gasteiger partial charge >= 0.3 is 0 Å². The Hall–Kier alpha value is -5.58. The molecule has 0 aromatic heterocycles. The Morgan fingerprint density at radius 3 is 2.36 bits per heavy atom. The second kappa shape index (κ2) is 21.5. The molecule has 1 unspecified atom stereocenters. The van der Waals surface area contributed by atoms with Gasteiger partial charge in [-0.1, -0.05) is 74.0 Å². The van der Waals surface area contributed by atoms with Crippen LogP contribution in [0.5, 0.6) is 11.5 Å². The maximum absolute atomic E-state index is 13.3. The van der Waals surface area contributed by atoms with Gasteiger partial charge in [-0.15, -0.1) is 0 Å². The van der Waals surface area contributed by atoms with E-state index in [2.05, 4.69) is 29.7 Å². The number of anilines is 1. The van der Waals surface area contributed by atoms with Gasteiger partial charge in [0.2, 0.25) is 0 Å². The molecule has 1 atom stereocenters. The zero-order chi connectivity index (χ0) is 39.7. The van der Waals surface area contributed by atoms with Crippen LogP contribution in [0.15, 0.2) is 103 Å². The molecule has 5 rings (SSSR count). The summed E-state index contributed by atoms with van der Waals surface area (Å²) in [7, 11) is 1.78. The fourth-order valence-corrected chi connectivity index (χ4v) is 6.44. The van der Waals surface area contributed by atoms with Crippen LogP contribution in [0.4, 0.5) is 10.1 Å². The van der Waals surface area contributed by atoms with Gasteiger partial charge in [-0.05, 0) is 90.7 Å². The highest BCUT2D eigenvalue weighted by Crippen LogP contribution is 2.31. The number of hydrogen-bond acceptors (Lipinski definition) is 7. The summed E-state index contributed by atoms with van der Waals surface area (Å²) in [5.41, 5.74) is 4.70. The quantitative estimate of drug-likeness (QED) is 0.0535. The molecule has 0 aliphatic rings. The predicted octanol–water partition coefficient (Wildman–Crippen LogP) is 9.18. The molecule has 294 valence electrons. The number of fused-ring (bicyclic) bond motifs is 1. The van der Waals surface area contributed by atoms with E-state index in [4.69, 9.17) is 14.2 Å². The average Bonchev–Trinajstić information content (AvgIpc) is 3.23. The topological polar surface area (TPSA) is 106 Å². The lowest BCUT2D eigenvalue weighted by atomic mass is 10.0. The summed E-state index contributed by atoms with van der Waals surface area (Å²) in [5, 5.41) is 8.05. The van der Waals surface area contributed by atoms with Gasteiger partial charge in [-0.2, -0.15) is 0 Å². The zero-order valence-corrected chi connectivity index (χ0v) is 32.5. The molecule has 0 radical (unpaired) electrons. The third-order valence-corrected chi connectivity index (χ3v) is 9.67. The van der Waals surface area contributed by atoms with Gasteiger partial charge in [0.05, 0.1) is 25.4 Å². The zero-order valence-electron chi connectivity index (χ0n) is 32.5. The lowest BCUT2D eigenvalue weighted by Gasteiger charge is -2.26. The monoisotopic (exact) mass is 761 g/mol. The molecular formula is C46H52FN3O6. The van der Waals surface area contributed by atoms with Crippen molar-refractivity contribution < 1.29 is 33.0 Å². The first-order valence-corrected chi connectivity index (χ1v) is 19.3. The first-order valence-electron chi connectivity index (χ1n) is 19.3. The second-order valence-electron chi connectivity index (χ2n) is 13.8. The molecule has 0 fully saturated rings.